The molecule has 0 aliphatic carbocycles. The lowest BCUT2D eigenvalue weighted by Crippen LogP contribution is -1.99. The molecule has 0 saturated carbocycles. The number of halogens is 2. The van der Waals surface area contributed by atoms with E-state index in [0.29, 0.717) is 10.0 Å². The summed E-state index contributed by atoms with van der Waals surface area (Å²) in [6, 6.07) is 15.7. The fourth-order valence-corrected chi connectivity index (χ4v) is 3.81. The molecule has 2 aromatic carbocycles. The molecule has 0 atom stereocenters. The maximum absolute atomic E-state index is 6.27. The Morgan fingerprint density at radius 1 is 0.958 bits per heavy atom. The van der Waals surface area contributed by atoms with Crippen LogP contribution in [0.15, 0.2) is 48.5 Å². The molecule has 0 aliphatic rings. The van der Waals surface area contributed by atoms with Gasteiger partial charge in [-0.1, -0.05) is 64.9 Å². The van der Waals surface area contributed by atoms with Gasteiger partial charge in [0.1, 0.15) is 5.01 Å². The average Bonchev–Trinajstić information content (AvgIpc) is 3.17. The molecule has 2 heterocycles. The van der Waals surface area contributed by atoms with Crippen LogP contribution in [0.5, 0.6) is 0 Å². The van der Waals surface area contributed by atoms with E-state index in [-0.39, 0.29) is 0 Å². The van der Waals surface area contributed by atoms with Gasteiger partial charge in [0.05, 0.1) is 5.02 Å². The van der Waals surface area contributed by atoms with Gasteiger partial charge >= 0.3 is 0 Å². The summed E-state index contributed by atoms with van der Waals surface area (Å²) in [5.41, 5.74) is 2.08. The Labute approximate surface area is 152 Å². The van der Waals surface area contributed by atoms with Crippen LogP contribution in [0.2, 0.25) is 10.0 Å². The predicted molar refractivity (Wildman–Crippen MR) is 98.0 cm³/mol. The van der Waals surface area contributed by atoms with E-state index in [1.54, 1.807) is 16.6 Å². The summed E-state index contributed by atoms with van der Waals surface area (Å²) in [5, 5.41) is 15.1. The summed E-state index contributed by atoms with van der Waals surface area (Å²) in [6.45, 7) is 0. The molecule has 0 aliphatic heterocycles. The highest BCUT2D eigenvalue weighted by atomic mass is 35.5. The molecule has 7 heteroatoms. The molecule has 0 radical (unpaired) electrons. The first-order chi connectivity index (χ1) is 11.7. The number of rotatable bonds is 4. The minimum absolute atomic E-state index is 0.621. The van der Waals surface area contributed by atoms with E-state index in [1.807, 2.05) is 24.3 Å². The summed E-state index contributed by atoms with van der Waals surface area (Å²) in [4.78, 5) is 0.754. The quantitative estimate of drug-likeness (QED) is 0.507. The highest BCUT2D eigenvalue weighted by molar-refractivity contribution is 7.19. The predicted octanol–water partition coefficient (Wildman–Crippen LogP) is 4.94. The van der Waals surface area contributed by atoms with Crippen molar-refractivity contribution >= 4 is 39.5 Å². The molecule has 0 spiro atoms. The van der Waals surface area contributed by atoms with E-state index in [0.717, 1.165) is 34.2 Å². The SMILES string of the molecule is Clc1ccc(Cl)c(-c2nn3c(CCc4ccccc4)nnc3s2)c1. The van der Waals surface area contributed by atoms with Crippen LogP contribution in [0.25, 0.3) is 15.5 Å². The standard InChI is InChI=1S/C17H12Cl2N4S/c18-12-7-8-14(19)13(10-12)16-22-23-15(20-21-17(23)24-16)9-6-11-4-2-1-3-5-11/h1-5,7-8,10H,6,9H2. The smallest absolute Gasteiger partial charge is 0.187 e. The molecule has 2 aromatic heterocycles. The van der Waals surface area contributed by atoms with Gasteiger partial charge in [-0.25, -0.2) is 0 Å². The molecule has 0 bridgehead atoms. The summed E-state index contributed by atoms with van der Waals surface area (Å²) < 4.78 is 1.79. The number of benzene rings is 2. The maximum Gasteiger partial charge on any atom is 0.234 e. The highest BCUT2D eigenvalue weighted by Crippen LogP contribution is 2.33. The van der Waals surface area contributed by atoms with E-state index in [4.69, 9.17) is 23.2 Å². The van der Waals surface area contributed by atoms with E-state index >= 15 is 0 Å². The molecular formula is C17H12Cl2N4S. The second-order valence-electron chi connectivity index (χ2n) is 5.33. The van der Waals surface area contributed by atoms with Crippen LogP contribution in [0.1, 0.15) is 11.4 Å². The number of nitrogens with zero attached hydrogens (tertiary/aromatic N) is 4. The number of hydrogen-bond donors (Lipinski definition) is 0. The zero-order chi connectivity index (χ0) is 16.5. The number of aromatic nitrogens is 4. The third-order valence-corrected chi connectivity index (χ3v) is 5.19. The zero-order valence-corrected chi connectivity index (χ0v) is 14.8. The minimum atomic E-state index is 0.621. The van der Waals surface area contributed by atoms with Crippen LogP contribution in [-0.2, 0) is 12.8 Å². The van der Waals surface area contributed by atoms with Crippen molar-refractivity contribution in [1.82, 2.24) is 19.8 Å². The van der Waals surface area contributed by atoms with Crippen LogP contribution >= 0.6 is 34.5 Å². The lowest BCUT2D eigenvalue weighted by atomic mass is 10.1. The van der Waals surface area contributed by atoms with Crippen molar-refractivity contribution in [3.8, 4) is 10.6 Å². The normalized spacial score (nSPS) is 11.2. The second-order valence-corrected chi connectivity index (χ2v) is 7.13. The molecule has 0 amide bonds. The largest absolute Gasteiger partial charge is 0.234 e. The van der Waals surface area contributed by atoms with Gasteiger partial charge in [-0.05, 0) is 30.2 Å². The lowest BCUT2D eigenvalue weighted by molar-refractivity contribution is 0.793. The highest BCUT2D eigenvalue weighted by Gasteiger charge is 2.15. The van der Waals surface area contributed by atoms with E-state index in [9.17, 15) is 0 Å². The van der Waals surface area contributed by atoms with Gasteiger partial charge in [0, 0.05) is 17.0 Å². The van der Waals surface area contributed by atoms with Crippen molar-refractivity contribution in [3.05, 3.63) is 70.0 Å². The summed E-state index contributed by atoms with van der Waals surface area (Å²) in [6.07, 6.45) is 1.67. The van der Waals surface area contributed by atoms with E-state index < -0.39 is 0 Å². The molecule has 24 heavy (non-hydrogen) atoms. The van der Waals surface area contributed by atoms with Crippen LogP contribution in [0, 0.1) is 0 Å². The zero-order valence-electron chi connectivity index (χ0n) is 12.5. The molecule has 4 nitrogen and oxygen atoms in total. The molecule has 120 valence electrons. The summed E-state index contributed by atoms with van der Waals surface area (Å²) >= 11 is 13.8. The third-order valence-electron chi connectivity index (χ3n) is 3.69. The topological polar surface area (TPSA) is 43.1 Å². The molecule has 0 N–H and O–H groups in total. The fourth-order valence-electron chi connectivity index (χ4n) is 2.48. The van der Waals surface area contributed by atoms with E-state index in [2.05, 4.69) is 27.4 Å². The monoisotopic (exact) mass is 374 g/mol. The maximum atomic E-state index is 6.27. The van der Waals surface area contributed by atoms with Crippen LogP contribution in [0.3, 0.4) is 0 Å². The Morgan fingerprint density at radius 2 is 1.79 bits per heavy atom. The van der Waals surface area contributed by atoms with Crippen molar-refractivity contribution in [2.24, 2.45) is 0 Å². The minimum Gasteiger partial charge on any atom is -0.187 e. The molecule has 0 fully saturated rings. The van der Waals surface area contributed by atoms with Crippen LogP contribution in [-0.4, -0.2) is 19.8 Å². The van der Waals surface area contributed by atoms with Gasteiger partial charge in [-0.15, -0.1) is 10.2 Å². The second kappa shape index (κ2) is 6.51. The molecule has 0 saturated heterocycles. The molecule has 4 aromatic rings. The lowest BCUT2D eigenvalue weighted by Gasteiger charge is -2.00. The Bertz CT molecular complexity index is 994. The first-order valence-corrected chi connectivity index (χ1v) is 8.98. The van der Waals surface area contributed by atoms with Gasteiger partial charge < -0.3 is 0 Å². The Kier molecular flexibility index (Phi) is 4.22. The van der Waals surface area contributed by atoms with Gasteiger partial charge in [-0.3, -0.25) is 0 Å². The summed E-state index contributed by atoms with van der Waals surface area (Å²) in [7, 11) is 0. The van der Waals surface area contributed by atoms with Gasteiger partial charge in [0.2, 0.25) is 4.96 Å². The van der Waals surface area contributed by atoms with Crippen LogP contribution in [0.4, 0.5) is 0 Å². The van der Waals surface area contributed by atoms with Crippen molar-refractivity contribution in [2.75, 3.05) is 0 Å². The van der Waals surface area contributed by atoms with Crippen molar-refractivity contribution in [1.29, 1.82) is 0 Å². The number of aryl methyl sites for hydroxylation is 2. The van der Waals surface area contributed by atoms with Crippen molar-refractivity contribution in [3.63, 3.8) is 0 Å². The first-order valence-electron chi connectivity index (χ1n) is 7.41. The number of fused-ring (bicyclic) bond motifs is 1. The Balaban J connectivity index is 1.65. The van der Waals surface area contributed by atoms with Gasteiger partial charge in [-0.2, -0.15) is 9.61 Å². The molecule has 4 rings (SSSR count). The van der Waals surface area contributed by atoms with Gasteiger partial charge in [0.15, 0.2) is 5.82 Å². The third kappa shape index (κ3) is 3.02. The molecule has 0 unspecified atom stereocenters. The Morgan fingerprint density at radius 3 is 2.62 bits per heavy atom. The van der Waals surface area contributed by atoms with Crippen LogP contribution < -0.4 is 0 Å². The number of hydrogen-bond acceptors (Lipinski definition) is 4. The fraction of sp³-hybridized carbons (Fsp3) is 0.118. The van der Waals surface area contributed by atoms with Crippen molar-refractivity contribution in [2.45, 2.75) is 12.8 Å². The van der Waals surface area contributed by atoms with Gasteiger partial charge in [0.25, 0.3) is 0 Å². The average molecular weight is 375 g/mol. The Hall–Kier alpha value is -1.95. The first kappa shape index (κ1) is 15.6. The van der Waals surface area contributed by atoms with Crippen molar-refractivity contribution < 1.29 is 0 Å². The molecular weight excluding hydrogens is 363 g/mol. The van der Waals surface area contributed by atoms with E-state index in [1.165, 1.54) is 16.9 Å². The summed E-state index contributed by atoms with van der Waals surface area (Å²) in [5.74, 6) is 0.842.